The summed E-state index contributed by atoms with van der Waals surface area (Å²) in [6, 6.07) is 46.2. The standard InChI is InChI=1S/C23H23N.C18H27BO2.C11H8ClN.3K.HO4P/c1-2-8-21(9-3-1)23-17-22(14-15-24-23)20-12-10-19(11-13-20)16-18-6-4-5-7-18;1-17(2)18(3,4)21-19(20-17)16-11-9-15(10-12-16)13-14-7-5-6-8-14;12-10-6-7-13-11(8-10)9-4-2-1-3-5-9;;;;1-4-5(2)3/h1-3,8-15,17-18H,4-7,16H2;9-12,14H,5-8,13H2,1-4H3;1-8H;;;;1H/q;;;;;+1;/p-1. The van der Waals surface area contributed by atoms with E-state index in [1.54, 1.807) is 12.3 Å². The fraction of sp³-hybridized carbons (Fsp3) is 0.346. The van der Waals surface area contributed by atoms with Crippen molar-refractivity contribution in [1.82, 2.24) is 9.97 Å². The second-order valence-electron chi connectivity index (χ2n) is 17.6. The zero-order chi connectivity index (χ0) is 46.7. The van der Waals surface area contributed by atoms with E-state index < -0.39 is 8.25 Å². The number of hydrogen-bond acceptors (Lipinski definition) is 8. The Hall–Kier alpha value is 0.344. The van der Waals surface area contributed by atoms with Crippen molar-refractivity contribution in [3.05, 3.63) is 162 Å². The van der Waals surface area contributed by atoms with Crippen molar-refractivity contribution in [2.24, 2.45) is 11.8 Å². The van der Waals surface area contributed by atoms with Gasteiger partial charge in [-0.25, -0.2) is 4.67 Å². The van der Waals surface area contributed by atoms with Crippen molar-refractivity contribution in [3.63, 3.8) is 0 Å². The van der Waals surface area contributed by atoms with Gasteiger partial charge >= 0.3 is 130 Å². The Morgan fingerprint density at radius 1 is 0.636 bits per heavy atom. The van der Waals surface area contributed by atoms with Crippen molar-refractivity contribution < 1.29 is 80.1 Å². The molecule has 0 amide bonds. The van der Waals surface area contributed by atoms with E-state index in [1.807, 2.05) is 48.7 Å². The van der Waals surface area contributed by atoms with Gasteiger partial charge in [0.1, 0.15) is 0 Å². The Labute approximate surface area is 487 Å². The molecular formula is C52H58BClK3N2O6P. The number of aromatic nitrogens is 2. The second-order valence-corrected chi connectivity index (χ2v) is 18.6. The molecule has 330 valence electrons. The van der Waals surface area contributed by atoms with Gasteiger partial charge in [0, 0.05) is 28.5 Å². The molecule has 3 fully saturated rings. The molecule has 2 saturated carbocycles. The van der Waals surface area contributed by atoms with Gasteiger partial charge < -0.3 is 19.5 Å². The molecule has 2 aliphatic carbocycles. The molecule has 0 spiro atoms. The van der Waals surface area contributed by atoms with Gasteiger partial charge in [0.15, 0.2) is 0 Å². The van der Waals surface area contributed by atoms with Crippen LogP contribution in [0.25, 0.3) is 33.6 Å². The van der Waals surface area contributed by atoms with Gasteiger partial charge in [0.05, 0.1) is 22.6 Å². The fourth-order valence-electron chi connectivity index (χ4n) is 8.27. The summed E-state index contributed by atoms with van der Waals surface area (Å²) >= 11 is 8.35. The number of halogens is 1. The van der Waals surface area contributed by atoms with Crippen molar-refractivity contribution in [2.45, 2.75) is 103 Å². The van der Waals surface area contributed by atoms with E-state index in [0.29, 0.717) is 5.02 Å². The molecular weight excluding hydrogens is 943 g/mol. The molecule has 3 heterocycles. The minimum atomic E-state index is -3.15. The average molecular weight is 1000 g/mol. The summed E-state index contributed by atoms with van der Waals surface area (Å²) in [5.41, 5.74) is 10.2. The largest absolute Gasteiger partial charge is 0.256 e. The van der Waals surface area contributed by atoms with E-state index in [9.17, 15) is 0 Å². The van der Waals surface area contributed by atoms with Gasteiger partial charge in [-0.1, -0.05) is 172 Å². The molecule has 8 nitrogen and oxygen atoms in total. The summed E-state index contributed by atoms with van der Waals surface area (Å²) in [5.74, 6) is 1.80. The first kappa shape index (κ1) is 58.9. The molecule has 3 aliphatic rings. The van der Waals surface area contributed by atoms with E-state index >= 15 is 0 Å². The first-order valence-corrected chi connectivity index (χ1v) is 40.5. The van der Waals surface area contributed by atoms with Crippen LogP contribution in [-0.4, -0.2) is 91.4 Å². The van der Waals surface area contributed by atoms with Crippen LogP contribution in [0, 0.1) is 11.8 Å². The van der Waals surface area contributed by atoms with Crippen LogP contribution in [0.15, 0.2) is 146 Å². The molecule has 0 radical (unpaired) electrons. The zero-order valence-electron chi connectivity index (χ0n) is 39.8. The predicted molar refractivity (Wildman–Crippen MR) is 263 cm³/mol. The van der Waals surface area contributed by atoms with Crippen LogP contribution in [0.1, 0.15) is 90.2 Å². The summed E-state index contributed by atoms with van der Waals surface area (Å²) in [6.45, 7) is 8.39. The van der Waals surface area contributed by atoms with E-state index in [-0.39, 0.29) is 69.7 Å². The SMILES string of the molecule is CC1(C)OB(c2ccc(CC3CCCC3)cc2)OC1(C)C.Clc1ccnc(-c2ccccc2)c1.O=[P+]([O-])O[O-].[K+].[K][K].c1ccc(-c2cc(-c3ccc(CC4CCCC4)cc3)ccn2)cc1. The molecule has 14 heteroatoms. The summed E-state index contributed by atoms with van der Waals surface area (Å²) in [5, 5.41) is 9.25. The number of benzene rings is 4. The summed E-state index contributed by atoms with van der Waals surface area (Å²) < 4.78 is 23.5. The molecule has 2 aromatic heterocycles. The van der Waals surface area contributed by atoms with Crippen LogP contribution in [0.3, 0.4) is 0 Å². The van der Waals surface area contributed by atoms with Crippen molar-refractivity contribution in [3.8, 4) is 33.6 Å². The minimum absolute atomic E-state index is 0. The fourth-order valence-corrected chi connectivity index (χ4v) is 8.43. The van der Waals surface area contributed by atoms with E-state index in [1.165, 1.54) is 150 Å². The number of hydrogen-bond donors (Lipinski definition) is 0. The van der Waals surface area contributed by atoms with Gasteiger partial charge in [0.2, 0.25) is 0 Å². The summed E-state index contributed by atoms with van der Waals surface area (Å²) in [6.07, 6.45) is 17.4. The van der Waals surface area contributed by atoms with Gasteiger partial charge in [0.25, 0.3) is 0 Å². The van der Waals surface area contributed by atoms with Gasteiger partial charge in [-0.2, -0.15) is 0 Å². The third kappa shape index (κ3) is 19.4. The van der Waals surface area contributed by atoms with Crippen LogP contribution >= 0.6 is 19.9 Å². The Bertz CT molecular complexity index is 2310. The molecule has 1 aliphatic heterocycles. The Morgan fingerprint density at radius 3 is 1.47 bits per heavy atom. The molecule has 1 unspecified atom stereocenters. The normalized spacial score (nSPS) is 16.2. The summed E-state index contributed by atoms with van der Waals surface area (Å²) in [7, 11) is -3.39. The molecule has 0 N–H and O–H groups in total. The molecule has 6 aromatic rings. The maximum Gasteiger partial charge on any atom is 0.0708 e. The van der Waals surface area contributed by atoms with E-state index in [4.69, 9.17) is 35.6 Å². The predicted octanol–water partition coefficient (Wildman–Crippen LogP) is 7.81. The summed E-state index contributed by atoms with van der Waals surface area (Å²) in [4.78, 5) is 17.6. The van der Waals surface area contributed by atoms with Gasteiger partial charge in [-0.15, -0.1) is 0 Å². The van der Waals surface area contributed by atoms with Crippen LogP contribution in [0.2, 0.25) is 5.02 Å². The molecule has 0 bridgehead atoms. The minimum Gasteiger partial charge on any atom is -0.256 e. The molecule has 9 rings (SSSR count). The quantitative estimate of drug-likeness (QED) is 0.0624. The first-order valence-electron chi connectivity index (χ1n) is 23.1. The Kier molecular flexibility index (Phi) is 27.7. The zero-order valence-corrected chi connectivity index (χ0v) is 50.8. The maximum atomic E-state index is 8.87. The average Bonchev–Trinajstić information content (AvgIpc) is 4.10. The molecule has 1 saturated heterocycles. The third-order valence-corrected chi connectivity index (χ3v) is 12.8. The van der Waals surface area contributed by atoms with Crippen LogP contribution in [-0.2, 0) is 31.4 Å². The monoisotopic (exact) mass is 1000 g/mol. The molecule has 4 aromatic carbocycles. The first-order chi connectivity index (χ1) is 31.4. The molecule has 66 heavy (non-hydrogen) atoms. The van der Waals surface area contributed by atoms with Crippen molar-refractivity contribution in [2.75, 3.05) is 0 Å². The van der Waals surface area contributed by atoms with Gasteiger partial charge in [-0.05, 0) is 109 Å². The van der Waals surface area contributed by atoms with E-state index in [2.05, 4.69) is 127 Å². The topological polar surface area (TPSA) is 117 Å². The smallest absolute Gasteiger partial charge is 0.0708 e. The van der Waals surface area contributed by atoms with Crippen LogP contribution < -0.4 is 67.0 Å². The van der Waals surface area contributed by atoms with Crippen molar-refractivity contribution >= 4 is 95.6 Å². The molecule has 1 atom stereocenters. The Balaban J connectivity index is 0.000000207. The van der Waals surface area contributed by atoms with E-state index in [0.717, 1.165) is 39.8 Å². The third-order valence-electron chi connectivity index (χ3n) is 12.5. The van der Waals surface area contributed by atoms with Gasteiger partial charge in [-0.3, -0.25) is 9.97 Å². The number of nitrogens with zero attached hydrogens (tertiary/aromatic N) is 2. The number of rotatable bonds is 9. The van der Waals surface area contributed by atoms with Crippen LogP contribution in [0.4, 0.5) is 0 Å². The maximum absolute atomic E-state index is 8.87. The second kappa shape index (κ2) is 31.0. The van der Waals surface area contributed by atoms with Crippen molar-refractivity contribution in [1.29, 1.82) is 0 Å². The van der Waals surface area contributed by atoms with Crippen LogP contribution in [0.5, 0.6) is 0 Å². The number of pyridine rings is 2. The Morgan fingerprint density at radius 2 is 1.05 bits per heavy atom.